The zero-order valence-electron chi connectivity index (χ0n) is 9.14. The molecule has 3 aromatic rings. The molecule has 3 nitrogen and oxygen atoms in total. The highest BCUT2D eigenvalue weighted by atomic mass is 79.9. The third-order valence-electron chi connectivity index (χ3n) is 2.52. The average molecular weight is 289 g/mol. The second-order valence-electron chi connectivity index (χ2n) is 3.84. The van der Waals surface area contributed by atoms with Gasteiger partial charge in [0.25, 0.3) is 0 Å². The van der Waals surface area contributed by atoms with Crippen molar-refractivity contribution in [2.75, 3.05) is 0 Å². The Morgan fingerprint density at radius 1 is 1.00 bits per heavy atom. The van der Waals surface area contributed by atoms with Gasteiger partial charge in [-0.1, -0.05) is 17.7 Å². The summed E-state index contributed by atoms with van der Waals surface area (Å²) in [6, 6.07) is 11.8. The lowest BCUT2D eigenvalue weighted by Gasteiger charge is -1.94. The van der Waals surface area contributed by atoms with E-state index in [1.807, 2.05) is 36.4 Å². The summed E-state index contributed by atoms with van der Waals surface area (Å²) in [5.41, 5.74) is 3.49. The molecule has 0 aliphatic carbocycles. The largest absolute Gasteiger partial charge is 0.434 e. The first-order valence-electron chi connectivity index (χ1n) is 5.22. The average Bonchev–Trinajstić information content (AvgIpc) is 2.72. The zero-order valence-corrected chi connectivity index (χ0v) is 10.7. The van der Waals surface area contributed by atoms with Crippen LogP contribution in [0.25, 0.3) is 22.7 Å². The molecule has 4 heteroatoms. The first-order chi connectivity index (χ1) is 8.22. The highest BCUT2D eigenvalue weighted by molar-refractivity contribution is 9.10. The van der Waals surface area contributed by atoms with Gasteiger partial charge in [0.15, 0.2) is 11.2 Å². The molecule has 0 unspecified atom stereocenters. The van der Waals surface area contributed by atoms with Crippen LogP contribution in [0.5, 0.6) is 0 Å². The van der Waals surface area contributed by atoms with E-state index in [1.165, 1.54) is 5.56 Å². The van der Waals surface area contributed by atoms with Gasteiger partial charge < -0.3 is 4.42 Å². The van der Waals surface area contributed by atoms with Gasteiger partial charge in [0.2, 0.25) is 5.89 Å². The van der Waals surface area contributed by atoms with Crippen molar-refractivity contribution < 1.29 is 4.42 Å². The summed E-state index contributed by atoms with van der Waals surface area (Å²) < 4.78 is 6.41. The van der Waals surface area contributed by atoms with Crippen LogP contribution in [0.3, 0.4) is 0 Å². The number of oxazole rings is 1. The van der Waals surface area contributed by atoms with Crippen molar-refractivity contribution >= 4 is 27.2 Å². The third-order valence-corrected chi connectivity index (χ3v) is 2.96. The highest BCUT2D eigenvalue weighted by Crippen LogP contribution is 2.24. The van der Waals surface area contributed by atoms with Crippen molar-refractivity contribution in [2.24, 2.45) is 0 Å². The number of halogens is 1. The molecular formula is C13H9BrN2O. The number of fused-ring (bicyclic) bond motifs is 1. The van der Waals surface area contributed by atoms with E-state index in [-0.39, 0.29) is 0 Å². The Balaban J connectivity index is 2.14. The van der Waals surface area contributed by atoms with Gasteiger partial charge in [0, 0.05) is 5.56 Å². The molecule has 2 aromatic heterocycles. The Labute approximate surface area is 107 Å². The molecule has 0 aliphatic rings. The molecule has 0 saturated carbocycles. The second-order valence-corrected chi connectivity index (χ2v) is 4.65. The number of aryl methyl sites for hydroxylation is 1. The van der Waals surface area contributed by atoms with Crippen molar-refractivity contribution in [3.8, 4) is 11.5 Å². The molecule has 1 aromatic carbocycles. The highest BCUT2D eigenvalue weighted by Gasteiger charge is 2.08. The maximum Gasteiger partial charge on any atom is 0.228 e. The quantitative estimate of drug-likeness (QED) is 0.636. The summed E-state index contributed by atoms with van der Waals surface area (Å²) in [5, 5.41) is 0. The summed E-state index contributed by atoms with van der Waals surface area (Å²) >= 11 is 3.31. The number of rotatable bonds is 1. The van der Waals surface area contributed by atoms with E-state index in [0.717, 1.165) is 10.2 Å². The van der Waals surface area contributed by atoms with Crippen LogP contribution >= 0.6 is 15.9 Å². The Morgan fingerprint density at radius 3 is 2.53 bits per heavy atom. The van der Waals surface area contributed by atoms with Crippen LogP contribution in [0.4, 0.5) is 0 Å². The monoisotopic (exact) mass is 288 g/mol. The predicted molar refractivity (Wildman–Crippen MR) is 69.7 cm³/mol. The molecule has 0 fully saturated rings. The molecule has 0 atom stereocenters. The molecule has 0 amide bonds. The molecule has 0 radical (unpaired) electrons. The Bertz CT molecular complexity index is 673. The number of nitrogens with zero attached hydrogens (tertiary/aromatic N) is 2. The summed E-state index contributed by atoms with van der Waals surface area (Å²) in [6.45, 7) is 2.05. The number of aromatic nitrogens is 2. The molecule has 0 N–H and O–H groups in total. The van der Waals surface area contributed by atoms with E-state index in [2.05, 4.69) is 32.8 Å². The SMILES string of the molecule is Cc1ccc(-c2nc3nc(Br)ccc3o2)cc1. The maximum atomic E-state index is 5.65. The van der Waals surface area contributed by atoms with E-state index in [1.54, 1.807) is 0 Å². The minimum absolute atomic E-state index is 0.602. The molecule has 0 bridgehead atoms. The van der Waals surface area contributed by atoms with Crippen molar-refractivity contribution in [3.05, 3.63) is 46.6 Å². The van der Waals surface area contributed by atoms with Gasteiger partial charge in [0.1, 0.15) is 4.60 Å². The van der Waals surface area contributed by atoms with Gasteiger partial charge in [-0.3, -0.25) is 0 Å². The van der Waals surface area contributed by atoms with Gasteiger partial charge in [-0.15, -0.1) is 0 Å². The van der Waals surface area contributed by atoms with Crippen LogP contribution in [-0.2, 0) is 0 Å². The lowest BCUT2D eigenvalue weighted by molar-refractivity contribution is 0.619. The molecule has 0 saturated heterocycles. The lowest BCUT2D eigenvalue weighted by Crippen LogP contribution is -1.79. The Kier molecular flexibility index (Phi) is 2.44. The van der Waals surface area contributed by atoms with Crippen LogP contribution < -0.4 is 0 Å². The van der Waals surface area contributed by atoms with Gasteiger partial charge in [0.05, 0.1) is 0 Å². The zero-order chi connectivity index (χ0) is 11.8. The van der Waals surface area contributed by atoms with Gasteiger partial charge in [-0.05, 0) is 47.1 Å². The van der Waals surface area contributed by atoms with E-state index in [0.29, 0.717) is 17.1 Å². The third kappa shape index (κ3) is 1.96. The van der Waals surface area contributed by atoms with Crippen molar-refractivity contribution in [1.29, 1.82) is 0 Å². The molecular weight excluding hydrogens is 280 g/mol. The lowest BCUT2D eigenvalue weighted by atomic mass is 10.1. The normalized spacial score (nSPS) is 10.9. The fourth-order valence-corrected chi connectivity index (χ4v) is 1.92. The summed E-state index contributed by atoms with van der Waals surface area (Å²) in [6.07, 6.45) is 0. The van der Waals surface area contributed by atoms with Gasteiger partial charge in [-0.25, -0.2) is 4.98 Å². The maximum absolute atomic E-state index is 5.65. The van der Waals surface area contributed by atoms with Crippen LogP contribution in [-0.4, -0.2) is 9.97 Å². The van der Waals surface area contributed by atoms with Crippen LogP contribution in [0.15, 0.2) is 45.4 Å². The summed E-state index contributed by atoms with van der Waals surface area (Å²) in [4.78, 5) is 8.62. The molecule has 0 aliphatic heterocycles. The van der Waals surface area contributed by atoms with Crippen LogP contribution in [0.2, 0.25) is 0 Å². The fraction of sp³-hybridized carbons (Fsp3) is 0.0769. The molecule has 84 valence electrons. The standard InChI is InChI=1S/C13H9BrN2O/c1-8-2-4-9(5-3-8)13-16-12-10(17-13)6-7-11(14)15-12/h2-7H,1H3. The number of benzene rings is 1. The molecule has 3 rings (SSSR count). The van der Waals surface area contributed by atoms with E-state index in [9.17, 15) is 0 Å². The molecule has 17 heavy (non-hydrogen) atoms. The molecule has 2 heterocycles. The minimum Gasteiger partial charge on any atom is -0.434 e. The second kappa shape index (κ2) is 3.96. The van der Waals surface area contributed by atoms with E-state index < -0.39 is 0 Å². The van der Waals surface area contributed by atoms with Gasteiger partial charge in [-0.2, -0.15) is 4.98 Å². The predicted octanol–water partition coefficient (Wildman–Crippen LogP) is 3.96. The summed E-state index contributed by atoms with van der Waals surface area (Å²) in [5.74, 6) is 0.602. The Morgan fingerprint density at radius 2 is 1.76 bits per heavy atom. The van der Waals surface area contributed by atoms with E-state index >= 15 is 0 Å². The topological polar surface area (TPSA) is 38.9 Å². The van der Waals surface area contributed by atoms with Crippen LogP contribution in [0, 0.1) is 6.92 Å². The first-order valence-corrected chi connectivity index (χ1v) is 6.02. The van der Waals surface area contributed by atoms with Crippen molar-refractivity contribution in [2.45, 2.75) is 6.92 Å². The first kappa shape index (κ1) is 10.5. The van der Waals surface area contributed by atoms with Crippen molar-refractivity contribution in [3.63, 3.8) is 0 Å². The number of pyridine rings is 1. The van der Waals surface area contributed by atoms with E-state index in [4.69, 9.17) is 4.42 Å². The number of hydrogen-bond acceptors (Lipinski definition) is 3. The number of hydrogen-bond donors (Lipinski definition) is 0. The van der Waals surface area contributed by atoms with Gasteiger partial charge >= 0.3 is 0 Å². The van der Waals surface area contributed by atoms with Crippen molar-refractivity contribution in [1.82, 2.24) is 9.97 Å². The fourth-order valence-electron chi connectivity index (χ4n) is 1.62. The van der Waals surface area contributed by atoms with Crippen LogP contribution in [0.1, 0.15) is 5.56 Å². The minimum atomic E-state index is 0.602. The molecule has 0 spiro atoms. The smallest absolute Gasteiger partial charge is 0.228 e. The Hall–Kier alpha value is -1.68. The summed E-state index contributed by atoms with van der Waals surface area (Å²) in [7, 11) is 0.